The lowest BCUT2D eigenvalue weighted by atomic mass is 10.0. The second-order valence-corrected chi connectivity index (χ2v) is 9.19. The molecule has 1 aliphatic heterocycles. The average Bonchev–Trinajstić information content (AvgIpc) is 2.74. The van der Waals surface area contributed by atoms with E-state index >= 15 is 0 Å². The number of rotatable bonds is 3. The molecule has 0 radical (unpaired) electrons. The molecule has 0 bridgehead atoms. The molecule has 0 saturated carbocycles. The van der Waals surface area contributed by atoms with Crippen molar-refractivity contribution in [2.45, 2.75) is 19.5 Å². The lowest BCUT2D eigenvalue weighted by Gasteiger charge is -2.32. The Hall–Kier alpha value is -2.77. The number of benzene rings is 3. The van der Waals surface area contributed by atoms with Crippen LogP contribution >= 0.6 is 7.37 Å². The van der Waals surface area contributed by atoms with Crippen molar-refractivity contribution < 1.29 is 13.8 Å². The van der Waals surface area contributed by atoms with Gasteiger partial charge in [-0.05, 0) is 49.2 Å². The van der Waals surface area contributed by atoms with E-state index in [1.807, 2.05) is 86.6 Å². The van der Waals surface area contributed by atoms with Crippen LogP contribution in [0.2, 0.25) is 0 Å². The molecule has 0 N–H and O–H groups in total. The Labute approximate surface area is 167 Å². The van der Waals surface area contributed by atoms with Crippen LogP contribution in [0.25, 0.3) is 11.1 Å². The molecule has 28 heavy (non-hydrogen) atoms. The molecule has 3 nitrogen and oxygen atoms in total. The van der Waals surface area contributed by atoms with Gasteiger partial charge in [-0.3, -0.25) is 4.57 Å². The number of methoxy groups -OCH3 is 1. The molecule has 0 aromatic heterocycles. The van der Waals surface area contributed by atoms with E-state index in [2.05, 4.69) is 6.58 Å². The predicted molar refractivity (Wildman–Crippen MR) is 117 cm³/mol. The SMILES string of the molecule is C=CC.COc1ccc(C(C)P2(=O)Oc3ccccc3-c3ccccc32)cc1. The first-order chi connectivity index (χ1) is 13.5. The molecule has 0 spiro atoms. The lowest BCUT2D eigenvalue weighted by molar-refractivity contribution is 0.414. The highest BCUT2D eigenvalue weighted by Crippen LogP contribution is 2.63. The highest BCUT2D eigenvalue weighted by atomic mass is 31.2. The summed E-state index contributed by atoms with van der Waals surface area (Å²) < 4.78 is 25.4. The van der Waals surface area contributed by atoms with Crippen LogP contribution in [0.3, 0.4) is 0 Å². The van der Waals surface area contributed by atoms with Crippen LogP contribution in [0.15, 0.2) is 85.5 Å². The summed E-state index contributed by atoms with van der Waals surface area (Å²) in [6, 6.07) is 23.3. The summed E-state index contributed by atoms with van der Waals surface area (Å²) in [4.78, 5) is 0. The molecule has 0 fully saturated rings. The average molecular weight is 392 g/mol. The van der Waals surface area contributed by atoms with Gasteiger partial charge in [0.05, 0.1) is 18.1 Å². The van der Waals surface area contributed by atoms with Crippen molar-refractivity contribution in [3.8, 4) is 22.6 Å². The van der Waals surface area contributed by atoms with E-state index < -0.39 is 7.37 Å². The fraction of sp³-hybridized carbons (Fsp3) is 0.167. The summed E-state index contributed by atoms with van der Waals surface area (Å²) in [6.07, 6.45) is 1.75. The molecule has 3 aromatic rings. The number of ether oxygens (including phenoxy) is 1. The molecule has 144 valence electrons. The first-order valence-corrected chi connectivity index (χ1v) is 10.9. The number of hydrogen-bond acceptors (Lipinski definition) is 3. The molecule has 0 saturated heterocycles. The summed E-state index contributed by atoms with van der Waals surface area (Å²) in [5.74, 6) is 1.47. The van der Waals surface area contributed by atoms with Gasteiger partial charge in [0.25, 0.3) is 7.37 Å². The Bertz CT molecular complexity index is 1010. The van der Waals surface area contributed by atoms with Gasteiger partial charge in [-0.1, -0.05) is 54.6 Å². The molecule has 1 aliphatic rings. The van der Waals surface area contributed by atoms with Gasteiger partial charge in [-0.2, -0.15) is 0 Å². The maximum absolute atomic E-state index is 14.0. The van der Waals surface area contributed by atoms with E-state index in [-0.39, 0.29) is 5.66 Å². The van der Waals surface area contributed by atoms with E-state index in [0.717, 1.165) is 27.7 Å². The maximum Gasteiger partial charge on any atom is 0.284 e. The van der Waals surface area contributed by atoms with E-state index in [1.54, 1.807) is 13.2 Å². The molecule has 4 heteroatoms. The molecule has 0 aliphatic carbocycles. The van der Waals surface area contributed by atoms with Crippen molar-refractivity contribution in [2.24, 2.45) is 0 Å². The summed E-state index contributed by atoms with van der Waals surface area (Å²) in [7, 11) is -1.48. The highest BCUT2D eigenvalue weighted by molar-refractivity contribution is 7.68. The van der Waals surface area contributed by atoms with Crippen molar-refractivity contribution >= 4 is 12.7 Å². The van der Waals surface area contributed by atoms with Crippen LogP contribution in [-0.4, -0.2) is 7.11 Å². The van der Waals surface area contributed by atoms with Crippen LogP contribution < -0.4 is 14.6 Å². The normalized spacial score (nSPS) is 17.7. The molecule has 4 rings (SSSR count). The van der Waals surface area contributed by atoms with Crippen LogP contribution in [-0.2, 0) is 4.57 Å². The van der Waals surface area contributed by atoms with Gasteiger partial charge in [-0.25, -0.2) is 0 Å². The molecule has 0 amide bonds. The Morgan fingerprint density at radius 2 is 1.54 bits per heavy atom. The zero-order valence-corrected chi connectivity index (χ0v) is 17.4. The minimum absolute atomic E-state index is 0.257. The highest BCUT2D eigenvalue weighted by Gasteiger charge is 2.41. The largest absolute Gasteiger partial charge is 0.497 e. The predicted octanol–water partition coefficient (Wildman–Crippen LogP) is 6.61. The van der Waals surface area contributed by atoms with Crippen LogP contribution in [0, 0.1) is 0 Å². The van der Waals surface area contributed by atoms with Crippen molar-refractivity contribution in [3.63, 3.8) is 0 Å². The van der Waals surface area contributed by atoms with Crippen LogP contribution in [0.5, 0.6) is 11.5 Å². The summed E-state index contributed by atoms with van der Waals surface area (Å²) in [5.41, 5.74) is 2.70. The first-order valence-electron chi connectivity index (χ1n) is 9.24. The maximum atomic E-state index is 14.0. The fourth-order valence-corrected chi connectivity index (χ4v) is 5.82. The number of fused-ring (bicyclic) bond motifs is 3. The second kappa shape index (κ2) is 8.50. The van der Waals surface area contributed by atoms with Gasteiger partial charge in [-0.15, -0.1) is 6.58 Å². The van der Waals surface area contributed by atoms with Crippen molar-refractivity contribution in [1.29, 1.82) is 0 Å². The third kappa shape index (κ3) is 3.63. The minimum Gasteiger partial charge on any atom is -0.497 e. The van der Waals surface area contributed by atoms with E-state index in [1.165, 1.54) is 0 Å². The van der Waals surface area contributed by atoms with Crippen LogP contribution in [0.4, 0.5) is 0 Å². The second-order valence-electron chi connectivity index (χ2n) is 6.56. The van der Waals surface area contributed by atoms with Gasteiger partial charge in [0, 0.05) is 5.56 Å². The standard InChI is InChI=1S/C21H19O3P.C3H6/c1-15(16-11-13-17(23-2)14-12-16)25(22)21-10-6-4-8-19(21)18-7-3-5-9-20(18)24-25;1-3-2/h3-15H,1-2H3;3H,1H2,2H3. The van der Waals surface area contributed by atoms with Crippen LogP contribution in [0.1, 0.15) is 25.1 Å². The zero-order chi connectivity index (χ0) is 20.1. The van der Waals surface area contributed by atoms with E-state index in [9.17, 15) is 4.57 Å². The van der Waals surface area contributed by atoms with Gasteiger partial charge < -0.3 is 9.26 Å². The van der Waals surface area contributed by atoms with E-state index in [4.69, 9.17) is 9.26 Å². The first kappa shape index (κ1) is 20.0. The quantitative estimate of drug-likeness (QED) is 0.372. The van der Waals surface area contributed by atoms with Gasteiger partial charge in [0.2, 0.25) is 0 Å². The molecular weight excluding hydrogens is 367 g/mol. The topological polar surface area (TPSA) is 35.5 Å². The van der Waals surface area contributed by atoms with Gasteiger partial charge in [0.1, 0.15) is 11.5 Å². The molecule has 1 heterocycles. The Morgan fingerprint density at radius 3 is 2.18 bits per heavy atom. The fourth-order valence-electron chi connectivity index (χ4n) is 3.30. The van der Waals surface area contributed by atoms with Crippen molar-refractivity contribution in [2.75, 3.05) is 7.11 Å². The number of allylic oxidation sites excluding steroid dienone is 1. The van der Waals surface area contributed by atoms with E-state index in [0.29, 0.717) is 5.75 Å². The Balaban J connectivity index is 0.000000706. The zero-order valence-electron chi connectivity index (χ0n) is 16.5. The monoisotopic (exact) mass is 392 g/mol. The molecule has 2 unspecified atom stereocenters. The number of hydrogen-bond donors (Lipinski definition) is 0. The summed E-state index contributed by atoms with van der Waals surface area (Å²) >= 11 is 0. The van der Waals surface area contributed by atoms with Crippen molar-refractivity contribution in [1.82, 2.24) is 0 Å². The summed E-state index contributed by atoms with van der Waals surface area (Å²) in [5, 5.41) is 0.789. The molecule has 3 aromatic carbocycles. The minimum atomic E-state index is -3.11. The summed E-state index contributed by atoms with van der Waals surface area (Å²) in [6.45, 7) is 7.22. The third-order valence-corrected chi connectivity index (χ3v) is 7.61. The van der Waals surface area contributed by atoms with Gasteiger partial charge in [0.15, 0.2) is 0 Å². The molecular formula is C24H25O3P. The number of para-hydroxylation sites is 1. The molecule has 2 atom stereocenters. The lowest BCUT2D eigenvalue weighted by Crippen LogP contribution is -2.21. The Morgan fingerprint density at radius 1 is 0.964 bits per heavy atom. The third-order valence-electron chi connectivity index (χ3n) is 4.76. The Kier molecular flexibility index (Phi) is 6.06. The van der Waals surface area contributed by atoms with Gasteiger partial charge >= 0.3 is 0 Å². The van der Waals surface area contributed by atoms with Crippen molar-refractivity contribution in [3.05, 3.63) is 91.0 Å². The smallest absolute Gasteiger partial charge is 0.284 e.